The molecule has 6 nitrogen and oxygen atoms in total. The summed E-state index contributed by atoms with van der Waals surface area (Å²) in [5.41, 5.74) is 2.56. The molecule has 2 aromatic rings. The van der Waals surface area contributed by atoms with Crippen LogP contribution in [0.25, 0.3) is 0 Å². The van der Waals surface area contributed by atoms with Crippen molar-refractivity contribution in [3.63, 3.8) is 0 Å². The molecule has 0 aliphatic heterocycles. The zero-order chi connectivity index (χ0) is 15.9. The van der Waals surface area contributed by atoms with E-state index in [-0.39, 0.29) is 30.0 Å². The van der Waals surface area contributed by atoms with E-state index < -0.39 is 0 Å². The van der Waals surface area contributed by atoms with Gasteiger partial charge in [-0.15, -0.1) is 24.0 Å². The lowest BCUT2D eigenvalue weighted by atomic mass is 10.1. The van der Waals surface area contributed by atoms with Crippen molar-refractivity contribution in [3.05, 3.63) is 47.1 Å². The lowest BCUT2D eigenvalue weighted by molar-refractivity contribution is 0.386. The highest BCUT2D eigenvalue weighted by Gasteiger charge is 2.09. The molecule has 0 spiro atoms. The summed E-state index contributed by atoms with van der Waals surface area (Å²) in [6, 6.07) is 8.76. The van der Waals surface area contributed by atoms with E-state index in [1.165, 1.54) is 11.1 Å². The van der Waals surface area contributed by atoms with Gasteiger partial charge in [-0.1, -0.05) is 36.3 Å². The zero-order valence-electron chi connectivity index (χ0n) is 14.0. The Balaban J connectivity index is 0.00000264. The SMILES string of the molecule is CCc1ccc(C(C)NC(=NC)NCc2noc(C)n2)cc1.I. The van der Waals surface area contributed by atoms with Crippen LogP contribution in [0.4, 0.5) is 0 Å². The van der Waals surface area contributed by atoms with Gasteiger partial charge in [-0.05, 0) is 24.5 Å². The van der Waals surface area contributed by atoms with Crippen LogP contribution in [0.15, 0.2) is 33.8 Å². The highest BCUT2D eigenvalue weighted by Crippen LogP contribution is 2.13. The van der Waals surface area contributed by atoms with E-state index in [0.717, 1.165) is 6.42 Å². The van der Waals surface area contributed by atoms with Crippen LogP contribution in [0.5, 0.6) is 0 Å². The molecule has 2 rings (SSSR count). The van der Waals surface area contributed by atoms with Gasteiger partial charge in [0.1, 0.15) is 0 Å². The third-order valence-electron chi connectivity index (χ3n) is 3.45. The Hall–Kier alpha value is -1.64. The first-order chi connectivity index (χ1) is 10.6. The van der Waals surface area contributed by atoms with E-state index in [4.69, 9.17) is 4.52 Å². The van der Waals surface area contributed by atoms with Crippen molar-refractivity contribution in [3.8, 4) is 0 Å². The zero-order valence-corrected chi connectivity index (χ0v) is 16.3. The largest absolute Gasteiger partial charge is 0.350 e. The molecular formula is C16H24IN5O. The predicted octanol–water partition coefficient (Wildman–Crippen LogP) is 2.98. The molecule has 0 fully saturated rings. The Bertz CT molecular complexity index is 624. The number of guanidine groups is 1. The molecule has 23 heavy (non-hydrogen) atoms. The maximum Gasteiger partial charge on any atom is 0.223 e. The monoisotopic (exact) mass is 429 g/mol. The second-order valence-electron chi connectivity index (χ2n) is 5.12. The van der Waals surface area contributed by atoms with Gasteiger partial charge in [0.2, 0.25) is 5.89 Å². The molecule has 1 atom stereocenters. The number of benzene rings is 1. The molecule has 1 unspecified atom stereocenters. The van der Waals surface area contributed by atoms with Gasteiger partial charge >= 0.3 is 0 Å². The number of halogens is 1. The minimum atomic E-state index is 0. The Kier molecular flexibility index (Phi) is 8.01. The second kappa shape index (κ2) is 9.49. The molecule has 2 N–H and O–H groups in total. The molecule has 0 saturated heterocycles. The number of hydrogen-bond acceptors (Lipinski definition) is 4. The second-order valence-corrected chi connectivity index (χ2v) is 5.12. The number of nitrogens with one attached hydrogen (secondary N) is 2. The third-order valence-corrected chi connectivity index (χ3v) is 3.45. The molecule has 0 bridgehead atoms. The van der Waals surface area contributed by atoms with Gasteiger partial charge in [0, 0.05) is 14.0 Å². The quantitative estimate of drug-likeness (QED) is 0.434. The molecule has 0 saturated carbocycles. The van der Waals surface area contributed by atoms with Crippen molar-refractivity contribution in [2.45, 2.75) is 39.8 Å². The van der Waals surface area contributed by atoms with Crippen molar-refractivity contribution in [2.24, 2.45) is 4.99 Å². The van der Waals surface area contributed by atoms with E-state index in [1.807, 2.05) is 0 Å². The molecule has 0 aliphatic rings. The van der Waals surface area contributed by atoms with E-state index >= 15 is 0 Å². The molecule has 7 heteroatoms. The normalized spacial score (nSPS) is 12.4. The summed E-state index contributed by atoms with van der Waals surface area (Å²) in [6.07, 6.45) is 1.05. The van der Waals surface area contributed by atoms with E-state index in [9.17, 15) is 0 Å². The minimum Gasteiger partial charge on any atom is -0.350 e. The lowest BCUT2D eigenvalue weighted by Crippen LogP contribution is -2.38. The highest BCUT2D eigenvalue weighted by molar-refractivity contribution is 14.0. The number of aromatic nitrogens is 2. The van der Waals surface area contributed by atoms with E-state index in [1.54, 1.807) is 14.0 Å². The smallest absolute Gasteiger partial charge is 0.223 e. The first-order valence-corrected chi connectivity index (χ1v) is 7.47. The first-order valence-electron chi connectivity index (χ1n) is 7.47. The van der Waals surface area contributed by atoms with Crippen LogP contribution in [-0.4, -0.2) is 23.1 Å². The fourth-order valence-corrected chi connectivity index (χ4v) is 2.10. The number of aryl methyl sites for hydroxylation is 2. The summed E-state index contributed by atoms with van der Waals surface area (Å²) >= 11 is 0. The van der Waals surface area contributed by atoms with Crippen LogP contribution in [0.3, 0.4) is 0 Å². The topological polar surface area (TPSA) is 75.3 Å². The average molecular weight is 429 g/mol. The van der Waals surface area contributed by atoms with Crippen LogP contribution >= 0.6 is 24.0 Å². The summed E-state index contributed by atoms with van der Waals surface area (Å²) in [6.45, 7) is 6.50. The van der Waals surface area contributed by atoms with Crippen LogP contribution < -0.4 is 10.6 Å². The van der Waals surface area contributed by atoms with E-state index in [0.29, 0.717) is 24.2 Å². The molecular weight excluding hydrogens is 405 g/mol. The van der Waals surface area contributed by atoms with Gasteiger partial charge in [0.15, 0.2) is 11.8 Å². The van der Waals surface area contributed by atoms with Gasteiger partial charge in [0.25, 0.3) is 0 Å². The molecule has 126 valence electrons. The minimum absolute atomic E-state index is 0. The summed E-state index contributed by atoms with van der Waals surface area (Å²) < 4.78 is 4.94. The van der Waals surface area contributed by atoms with Crippen LogP contribution in [0.2, 0.25) is 0 Å². The van der Waals surface area contributed by atoms with Gasteiger partial charge in [-0.2, -0.15) is 4.98 Å². The van der Waals surface area contributed by atoms with Crippen molar-refractivity contribution >= 4 is 29.9 Å². The Labute approximate surface area is 154 Å². The average Bonchev–Trinajstić information content (AvgIpc) is 2.96. The van der Waals surface area contributed by atoms with Crippen molar-refractivity contribution in [2.75, 3.05) is 7.05 Å². The van der Waals surface area contributed by atoms with Crippen molar-refractivity contribution < 1.29 is 4.52 Å². The van der Waals surface area contributed by atoms with Gasteiger partial charge in [-0.3, -0.25) is 4.99 Å². The molecule has 1 aromatic heterocycles. The molecule has 1 heterocycles. The fourth-order valence-electron chi connectivity index (χ4n) is 2.10. The molecule has 0 aliphatic carbocycles. The molecule has 0 amide bonds. The van der Waals surface area contributed by atoms with Crippen LogP contribution in [0, 0.1) is 6.92 Å². The molecule has 1 aromatic carbocycles. The Morgan fingerprint density at radius 1 is 1.30 bits per heavy atom. The predicted molar refractivity (Wildman–Crippen MR) is 102 cm³/mol. The third kappa shape index (κ3) is 5.81. The van der Waals surface area contributed by atoms with Gasteiger partial charge in [0.05, 0.1) is 12.6 Å². The lowest BCUT2D eigenvalue weighted by Gasteiger charge is -2.18. The summed E-state index contributed by atoms with van der Waals surface area (Å²) in [5.74, 6) is 1.87. The standard InChI is InChI=1S/C16H23N5O.HI/c1-5-13-6-8-14(9-7-13)11(2)19-16(17-4)18-10-15-20-12(3)22-21-15;/h6-9,11H,5,10H2,1-4H3,(H2,17,18,19);1H. The van der Waals surface area contributed by atoms with Crippen LogP contribution in [0.1, 0.15) is 42.7 Å². The Morgan fingerprint density at radius 2 is 2.00 bits per heavy atom. The van der Waals surface area contributed by atoms with Crippen LogP contribution in [-0.2, 0) is 13.0 Å². The maximum absolute atomic E-state index is 4.94. The highest BCUT2D eigenvalue weighted by atomic mass is 127. The van der Waals surface area contributed by atoms with E-state index in [2.05, 4.69) is 63.9 Å². The van der Waals surface area contributed by atoms with Crippen molar-refractivity contribution in [1.29, 1.82) is 0 Å². The summed E-state index contributed by atoms with van der Waals surface area (Å²) in [5, 5.41) is 10.4. The summed E-state index contributed by atoms with van der Waals surface area (Å²) in [7, 11) is 1.74. The summed E-state index contributed by atoms with van der Waals surface area (Å²) in [4.78, 5) is 8.37. The number of rotatable bonds is 5. The number of nitrogens with zero attached hydrogens (tertiary/aromatic N) is 3. The Morgan fingerprint density at radius 3 is 2.52 bits per heavy atom. The van der Waals surface area contributed by atoms with Crippen molar-refractivity contribution in [1.82, 2.24) is 20.8 Å². The number of aliphatic imine (C=N–C) groups is 1. The maximum atomic E-state index is 4.94. The first kappa shape index (κ1) is 19.4. The van der Waals surface area contributed by atoms with Gasteiger partial charge in [-0.25, -0.2) is 0 Å². The number of hydrogen-bond donors (Lipinski definition) is 2. The fraction of sp³-hybridized carbons (Fsp3) is 0.438. The van der Waals surface area contributed by atoms with Gasteiger partial charge < -0.3 is 15.2 Å². The molecule has 0 radical (unpaired) electrons.